The van der Waals surface area contributed by atoms with Gasteiger partial charge in [0.05, 0.1) is 7.11 Å². The summed E-state index contributed by atoms with van der Waals surface area (Å²) in [4.78, 5) is 2.46. The van der Waals surface area contributed by atoms with Crippen LogP contribution in [0, 0.1) is 5.92 Å². The summed E-state index contributed by atoms with van der Waals surface area (Å²) in [6, 6.07) is 4.05. The van der Waals surface area contributed by atoms with E-state index in [4.69, 9.17) is 4.74 Å². The van der Waals surface area contributed by atoms with E-state index in [0.29, 0.717) is 11.7 Å². The zero-order chi connectivity index (χ0) is 15.4. The fourth-order valence-corrected chi connectivity index (χ4v) is 3.37. The number of ether oxygens (including phenoxy) is 1. The number of hydrogen-bond donors (Lipinski definition) is 2. The SMILES string of the molecule is COc1cc(Br)cc([C@H](CC(C)C)N2CCNCC2)c1O.Cl.Cl. The fourth-order valence-electron chi connectivity index (χ4n) is 2.92. The standard InChI is InChI=1S/C16H25BrN2O2.2ClH/c1-11(2)8-14(19-6-4-18-5-7-19)13-9-12(17)10-15(21-3)16(13)20;;/h9-11,14,18,20H,4-8H2,1-3H3;2*1H/t14-;;/m0../s1. The van der Waals surface area contributed by atoms with E-state index in [1.807, 2.05) is 12.1 Å². The Kier molecular flexibility index (Phi) is 10.5. The lowest BCUT2D eigenvalue weighted by Gasteiger charge is -2.36. The minimum Gasteiger partial charge on any atom is -0.504 e. The van der Waals surface area contributed by atoms with Gasteiger partial charge >= 0.3 is 0 Å². The van der Waals surface area contributed by atoms with Gasteiger partial charge in [-0.15, -0.1) is 24.8 Å². The molecular weight excluding hydrogens is 403 g/mol. The molecule has 1 aliphatic heterocycles. The largest absolute Gasteiger partial charge is 0.504 e. The van der Waals surface area contributed by atoms with Crippen LogP contribution in [0.5, 0.6) is 11.5 Å². The van der Waals surface area contributed by atoms with Gasteiger partial charge in [-0.05, 0) is 24.5 Å². The van der Waals surface area contributed by atoms with Crippen molar-refractivity contribution in [3.05, 3.63) is 22.2 Å². The van der Waals surface area contributed by atoms with Gasteiger partial charge < -0.3 is 15.2 Å². The summed E-state index contributed by atoms with van der Waals surface area (Å²) in [5.41, 5.74) is 0.955. The molecule has 0 unspecified atom stereocenters. The molecule has 1 saturated heterocycles. The molecule has 7 heteroatoms. The van der Waals surface area contributed by atoms with E-state index in [9.17, 15) is 5.11 Å². The second-order valence-corrected chi connectivity index (χ2v) is 6.89. The highest BCUT2D eigenvalue weighted by Crippen LogP contribution is 2.41. The van der Waals surface area contributed by atoms with E-state index in [0.717, 1.165) is 42.6 Å². The predicted octanol–water partition coefficient (Wildman–Crippen LogP) is 4.00. The Morgan fingerprint density at radius 1 is 1.26 bits per heavy atom. The van der Waals surface area contributed by atoms with Crippen LogP contribution in [0.3, 0.4) is 0 Å². The Bertz CT molecular complexity index is 483. The van der Waals surface area contributed by atoms with Crippen molar-refractivity contribution in [2.24, 2.45) is 5.92 Å². The summed E-state index contributed by atoms with van der Waals surface area (Å²) < 4.78 is 6.24. The van der Waals surface area contributed by atoms with Crippen LogP contribution in [0.4, 0.5) is 0 Å². The van der Waals surface area contributed by atoms with Crippen molar-refractivity contribution in [1.29, 1.82) is 0 Å². The summed E-state index contributed by atoms with van der Waals surface area (Å²) in [5.74, 6) is 1.36. The van der Waals surface area contributed by atoms with Crippen LogP contribution >= 0.6 is 40.7 Å². The molecule has 0 saturated carbocycles. The van der Waals surface area contributed by atoms with E-state index in [1.165, 1.54) is 0 Å². The number of phenolic OH excluding ortho intramolecular Hbond substituents is 1. The molecule has 1 heterocycles. The summed E-state index contributed by atoms with van der Waals surface area (Å²) in [6.07, 6.45) is 1.02. The molecule has 1 fully saturated rings. The summed E-state index contributed by atoms with van der Waals surface area (Å²) in [7, 11) is 1.59. The van der Waals surface area contributed by atoms with Crippen molar-refractivity contribution >= 4 is 40.7 Å². The van der Waals surface area contributed by atoms with Crippen molar-refractivity contribution in [3.8, 4) is 11.5 Å². The second-order valence-electron chi connectivity index (χ2n) is 5.98. The molecule has 0 aromatic heterocycles. The lowest BCUT2D eigenvalue weighted by atomic mass is 9.94. The van der Waals surface area contributed by atoms with E-state index in [2.05, 4.69) is 40.0 Å². The Hall–Kier alpha value is -0.200. The predicted molar refractivity (Wildman–Crippen MR) is 103 cm³/mol. The lowest BCUT2D eigenvalue weighted by molar-refractivity contribution is 0.151. The summed E-state index contributed by atoms with van der Waals surface area (Å²) >= 11 is 3.52. The summed E-state index contributed by atoms with van der Waals surface area (Å²) in [5, 5.41) is 13.9. The normalized spacial score (nSPS) is 16.4. The number of aromatic hydroxyl groups is 1. The molecule has 1 aromatic carbocycles. The van der Waals surface area contributed by atoms with Crippen LogP contribution in [0.15, 0.2) is 16.6 Å². The molecule has 134 valence electrons. The van der Waals surface area contributed by atoms with Gasteiger partial charge in [0, 0.05) is 42.3 Å². The van der Waals surface area contributed by atoms with Gasteiger partial charge in [-0.25, -0.2) is 0 Å². The van der Waals surface area contributed by atoms with Crippen LogP contribution in [0.1, 0.15) is 31.9 Å². The Balaban J connectivity index is 0.00000242. The highest BCUT2D eigenvalue weighted by Gasteiger charge is 2.27. The van der Waals surface area contributed by atoms with E-state index < -0.39 is 0 Å². The van der Waals surface area contributed by atoms with Gasteiger partial charge in [-0.2, -0.15) is 0 Å². The van der Waals surface area contributed by atoms with Gasteiger partial charge in [-0.3, -0.25) is 4.90 Å². The maximum absolute atomic E-state index is 10.5. The molecule has 23 heavy (non-hydrogen) atoms. The zero-order valence-corrected chi connectivity index (χ0v) is 17.1. The van der Waals surface area contributed by atoms with Crippen LogP contribution < -0.4 is 10.1 Å². The first kappa shape index (κ1) is 22.8. The molecular formula is C16H27BrCl2N2O2. The van der Waals surface area contributed by atoms with Crippen LogP contribution in [0.2, 0.25) is 0 Å². The van der Waals surface area contributed by atoms with Crippen LogP contribution in [-0.2, 0) is 0 Å². The summed E-state index contributed by atoms with van der Waals surface area (Å²) in [6.45, 7) is 8.46. The van der Waals surface area contributed by atoms with Crippen molar-refractivity contribution in [1.82, 2.24) is 10.2 Å². The molecule has 4 nitrogen and oxygen atoms in total. The number of phenols is 1. The number of piperazine rings is 1. The highest BCUT2D eigenvalue weighted by atomic mass is 79.9. The van der Waals surface area contributed by atoms with E-state index in [1.54, 1.807) is 7.11 Å². The molecule has 1 aromatic rings. The number of nitrogens with zero attached hydrogens (tertiary/aromatic N) is 1. The van der Waals surface area contributed by atoms with Crippen molar-refractivity contribution < 1.29 is 9.84 Å². The number of methoxy groups -OCH3 is 1. The maximum Gasteiger partial charge on any atom is 0.162 e. The van der Waals surface area contributed by atoms with Gasteiger partial charge in [0.2, 0.25) is 0 Å². The third kappa shape index (κ3) is 5.98. The molecule has 0 aliphatic carbocycles. The lowest BCUT2D eigenvalue weighted by Crippen LogP contribution is -2.45. The topological polar surface area (TPSA) is 44.7 Å². The minimum absolute atomic E-state index is 0. The first-order chi connectivity index (χ1) is 10.0. The zero-order valence-electron chi connectivity index (χ0n) is 13.8. The van der Waals surface area contributed by atoms with Gasteiger partial charge in [0.15, 0.2) is 11.5 Å². The number of rotatable bonds is 5. The van der Waals surface area contributed by atoms with Crippen molar-refractivity contribution in [2.45, 2.75) is 26.3 Å². The van der Waals surface area contributed by atoms with Gasteiger partial charge in [-0.1, -0.05) is 29.8 Å². The molecule has 1 aliphatic rings. The Labute approximate surface area is 159 Å². The van der Waals surface area contributed by atoms with Gasteiger partial charge in [0.25, 0.3) is 0 Å². The third-order valence-corrected chi connectivity index (χ3v) is 4.39. The average molecular weight is 430 g/mol. The molecule has 0 amide bonds. The number of nitrogens with one attached hydrogen (secondary N) is 1. The molecule has 2 rings (SSSR count). The fraction of sp³-hybridized carbons (Fsp3) is 0.625. The van der Waals surface area contributed by atoms with E-state index in [-0.39, 0.29) is 36.6 Å². The Morgan fingerprint density at radius 2 is 1.87 bits per heavy atom. The third-order valence-electron chi connectivity index (χ3n) is 3.94. The highest BCUT2D eigenvalue weighted by molar-refractivity contribution is 9.10. The first-order valence-corrected chi connectivity index (χ1v) is 8.33. The molecule has 0 bridgehead atoms. The number of halogens is 3. The minimum atomic E-state index is 0. The van der Waals surface area contributed by atoms with E-state index >= 15 is 0 Å². The quantitative estimate of drug-likeness (QED) is 0.742. The van der Waals surface area contributed by atoms with Crippen molar-refractivity contribution in [2.75, 3.05) is 33.3 Å². The number of hydrogen-bond acceptors (Lipinski definition) is 4. The molecule has 2 N–H and O–H groups in total. The van der Waals surface area contributed by atoms with Crippen molar-refractivity contribution in [3.63, 3.8) is 0 Å². The first-order valence-electron chi connectivity index (χ1n) is 7.54. The van der Waals surface area contributed by atoms with Gasteiger partial charge in [0.1, 0.15) is 0 Å². The maximum atomic E-state index is 10.5. The van der Waals surface area contributed by atoms with Crippen LogP contribution in [0.25, 0.3) is 0 Å². The Morgan fingerprint density at radius 3 is 2.39 bits per heavy atom. The van der Waals surface area contributed by atoms with Crippen LogP contribution in [-0.4, -0.2) is 43.3 Å². The smallest absolute Gasteiger partial charge is 0.162 e. The average Bonchev–Trinajstić information content (AvgIpc) is 2.47. The monoisotopic (exact) mass is 428 g/mol. The molecule has 1 atom stereocenters. The molecule has 0 radical (unpaired) electrons. The second kappa shape index (κ2) is 10.6. The number of benzene rings is 1. The molecule has 0 spiro atoms.